The normalized spacial score (nSPS) is 40.2. The third-order valence-corrected chi connectivity index (χ3v) is 4.31. The van der Waals surface area contributed by atoms with Gasteiger partial charge in [0.05, 0.1) is 0 Å². The van der Waals surface area contributed by atoms with Crippen molar-refractivity contribution in [2.75, 3.05) is 13.6 Å². The first-order valence-corrected chi connectivity index (χ1v) is 5.64. The number of nitrogens with two attached hydrogens (primary N) is 1. The lowest BCUT2D eigenvalue weighted by Gasteiger charge is -2.42. The van der Waals surface area contributed by atoms with E-state index in [1.54, 1.807) is 0 Å². The highest BCUT2D eigenvalue weighted by Gasteiger charge is 2.46. The molecule has 0 radical (unpaired) electrons. The molecule has 0 aromatic heterocycles. The minimum absolute atomic E-state index is 0.348. The van der Waals surface area contributed by atoms with Gasteiger partial charge in [0, 0.05) is 18.1 Å². The number of hydrogen-bond acceptors (Lipinski definition) is 2. The molecule has 2 aliphatic rings. The maximum absolute atomic E-state index is 5.98. The van der Waals surface area contributed by atoms with Gasteiger partial charge >= 0.3 is 0 Å². The average Bonchev–Trinajstić information content (AvgIpc) is 2.90. The Labute approximate surface area is 81.5 Å². The summed E-state index contributed by atoms with van der Waals surface area (Å²) in [5.41, 5.74) is 6.33. The van der Waals surface area contributed by atoms with Gasteiger partial charge in [0.25, 0.3) is 0 Å². The molecule has 0 heterocycles. The number of likely N-dealkylation sites (N-methyl/N-ethyl adjacent to an activating group) is 1. The monoisotopic (exact) mass is 182 g/mol. The Kier molecular flexibility index (Phi) is 2.37. The molecule has 2 nitrogen and oxygen atoms in total. The second kappa shape index (κ2) is 3.25. The van der Waals surface area contributed by atoms with Crippen LogP contribution in [0.2, 0.25) is 0 Å². The molecule has 0 aliphatic heterocycles. The largest absolute Gasteiger partial charge is 0.329 e. The van der Waals surface area contributed by atoms with Crippen LogP contribution in [-0.2, 0) is 0 Å². The average molecular weight is 182 g/mol. The summed E-state index contributed by atoms with van der Waals surface area (Å²) < 4.78 is 0. The standard InChI is InChI=1S/C11H22N2/c1-9-4-3-7-11(9,8-12)13(2)10-5-6-10/h9-10H,3-8,12H2,1-2H3. The van der Waals surface area contributed by atoms with E-state index in [1.165, 1.54) is 32.1 Å². The second-order valence-corrected chi connectivity index (χ2v) is 4.94. The first-order valence-electron chi connectivity index (χ1n) is 5.64. The van der Waals surface area contributed by atoms with Gasteiger partial charge in [-0.05, 0) is 38.6 Å². The van der Waals surface area contributed by atoms with Crippen LogP contribution >= 0.6 is 0 Å². The Balaban J connectivity index is 2.12. The van der Waals surface area contributed by atoms with Crippen molar-refractivity contribution in [3.8, 4) is 0 Å². The molecule has 76 valence electrons. The van der Waals surface area contributed by atoms with E-state index in [0.717, 1.165) is 18.5 Å². The number of hydrogen-bond donors (Lipinski definition) is 1. The SMILES string of the molecule is CC1CCCC1(CN)N(C)C1CC1. The zero-order valence-electron chi connectivity index (χ0n) is 8.92. The zero-order valence-corrected chi connectivity index (χ0v) is 8.92. The van der Waals surface area contributed by atoms with Crippen molar-refractivity contribution in [2.45, 2.75) is 50.6 Å². The Hall–Kier alpha value is -0.0800. The van der Waals surface area contributed by atoms with Crippen LogP contribution in [0.15, 0.2) is 0 Å². The van der Waals surface area contributed by atoms with Crippen LogP contribution in [0.5, 0.6) is 0 Å². The highest BCUT2D eigenvalue weighted by molar-refractivity contribution is 5.03. The van der Waals surface area contributed by atoms with Crippen LogP contribution in [0, 0.1) is 5.92 Å². The first kappa shape index (κ1) is 9.47. The van der Waals surface area contributed by atoms with Gasteiger partial charge in [-0.1, -0.05) is 13.3 Å². The summed E-state index contributed by atoms with van der Waals surface area (Å²) >= 11 is 0. The quantitative estimate of drug-likeness (QED) is 0.718. The van der Waals surface area contributed by atoms with E-state index in [9.17, 15) is 0 Å². The van der Waals surface area contributed by atoms with E-state index in [0.29, 0.717) is 5.54 Å². The molecule has 0 spiro atoms. The van der Waals surface area contributed by atoms with Gasteiger partial charge < -0.3 is 5.73 Å². The van der Waals surface area contributed by atoms with Crippen molar-refractivity contribution >= 4 is 0 Å². The molecule has 0 aromatic carbocycles. The molecular formula is C11H22N2. The minimum Gasteiger partial charge on any atom is -0.329 e. The molecule has 2 atom stereocenters. The first-order chi connectivity index (χ1) is 6.20. The zero-order chi connectivity index (χ0) is 9.47. The Morgan fingerprint density at radius 2 is 2.08 bits per heavy atom. The Morgan fingerprint density at radius 1 is 1.38 bits per heavy atom. The summed E-state index contributed by atoms with van der Waals surface area (Å²) in [4.78, 5) is 2.59. The Morgan fingerprint density at radius 3 is 2.46 bits per heavy atom. The van der Waals surface area contributed by atoms with Crippen molar-refractivity contribution in [3.05, 3.63) is 0 Å². The molecule has 2 aliphatic carbocycles. The van der Waals surface area contributed by atoms with Gasteiger partial charge in [0.15, 0.2) is 0 Å². The summed E-state index contributed by atoms with van der Waals surface area (Å²) in [5, 5.41) is 0. The van der Waals surface area contributed by atoms with Crippen molar-refractivity contribution in [2.24, 2.45) is 11.7 Å². The van der Waals surface area contributed by atoms with E-state index >= 15 is 0 Å². The van der Waals surface area contributed by atoms with E-state index < -0.39 is 0 Å². The van der Waals surface area contributed by atoms with E-state index in [2.05, 4.69) is 18.9 Å². The van der Waals surface area contributed by atoms with Crippen molar-refractivity contribution < 1.29 is 0 Å². The third-order valence-electron chi connectivity index (χ3n) is 4.31. The van der Waals surface area contributed by atoms with E-state index in [1.807, 2.05) is 0 Å². The van der Waals surface area contributed by atoms with Crippen LogP contribution in [-0.4, -0.2) is 30.1 Å². The summed E-state index contributed by atoms with van der Waals surface area (Å²) in [6, 6.07) is 0.851. The summed E-state index contributed by atoms with van der Waals surface area (Å²) in [5.74, 6) is 0.795. The minimum atomic E-state index is 0.348. The van der Waals surface area contributed by atoms with Gasteiger partial charge in [-0.2, -0.15) is 0 Å². The molecule has 2 fully saturated rings. The van der Waals surface area contributed by atoms with Crippen LogP contribution < -0.4 is 5.73 Å². The van der Waals surface area contributed by atoms with Crippen molar-refractivity contribution in [3.63, 3.8) is 0 Å². The lowest BCUT2D eigenvalue weighted by atomic mass is 9.86. The number of nitrogens with zero attached hydrogens (tertiary/aromatic N) is 1. The maximum Gasteiger partial charge on any atom is 0.0357 e. The molecule has 0 amide bonds. The van der Waals surface area contributed by atoms with Gasteiger partial charge in [0.1, 0.15) is 0 Å². The van der Waals surface area contributed by atoms with Gasteiger partial charge in [-0.15, -0.1) is 0 Å². The van der Waals surface area contributed by atoms with Crippen LogP contribution in [0.25, 0.3) is 0 Å². The molecule has 2 rings (SSSR count). The third kappa shape index (κ3) is 1.40. The smallest absolute Gasteiger partial charge is 0.0357 e. The van der Waals surface area contributed by atoms with Crippen LogP contribution in [0.1, 0.15) is 39.0 Å². The number of rotatable bonds is 3. The molecule has 2 unspecified atom stereocenters. The van der Waals surface area contributed by atoms with Crippen LogP contribution in [0.3, 0.4) is 0 Å². The maximum atomic E-state index is 5.98. The summed E-state index contributed by atoms with van der Waals surface area (Å²) in [7, 11) is 2.28. The van der Waals surface area contributed by atoms with Gasteiger partial charge in [-0.25, -0.2) is 0 Å². The lowest BCUT2D eigenvalue weighted by Crippen LogP contribution is -2.54. The molecule has 0 bridgehead atoms. The Bertz CT molecular complexity index is 189. The highest BCUT2D eigenvalue weighted by atomic mass is 15.2. The van der Waals surface area contributed by atoms with Gasteiger partial charge in [-0.3, -0.25) is 4.90 Å². The molecule has 0 saturated heterocycles. The van der Waals surface area contributed by atoms with E-state index in [-0.39, 0.29) is 0 Å². The van der Waals surface area contributed by atoms with Crippen molar-refractivity contribution in [1.29, 1.82) is 0 Å². The molecule has 2 N–H and O–H groups in total. The fourth-order valence-corrected chi connectivity index (χ4v) is 3.03. The predicted octanol–water partition coefficient (Wildman–Crippen LogP) is 1.60. The summed E-state index contributed by atoms with van der Waals surface area (Å²) in [6.45, 7) is 3.22. The predicted molar refractivity (Wildman–Crippen MR) is 55.6 cm³/mol. The van der Waals surface area contributed by atoms with Crippen LogP contribution in [0.4, 0.5) is 0 Å². The fraction of sp³-hybridized carbons (Fsp3) is 1.00. The lowest BCUT2D eigenvalue weighted by molar-refractivity contribution is 0.0836. The van der Waals surface area contributed by atoms with Crippen molar-refractivity contribution in [1.82, 2.24) is 4.90 Å². The highest BCUT2D eigenvalue weighted by Crippen LogP contribution is 2.43. The summed E-state index contributed by atoms with van der Waals surface area (Å²) in [6.07, 6.45) is 6.84. The van der Waals surface area contributed by atoms with E-state index in [4.69, 9.17) is 5.73 Å². The molecular weight excluding hydrogens is 160 g/mol. The van der Waals surface area contributed by atoms with Gasteiger partial charge in [0.2, 0.25) is 0 Å². The second-order valence-electron chi connectivity index (χ2n) is 4.94. The molecule has 13 heavy (non-hydrogen) atoms. The topological polar surface area (TPSA) is 29.3 Å². The molecule has 2 saturated carbocycles. The fourth-order valence-electron chi connectivity index (χ4n) is 3.03. The molecule has 2 heteroatoms. The molecule has 0 aromatic rings.